The van der Waals surface area contributed by atoms with Gasteiger partial charge in [0.05, 0.1) is 0 Å². The predicted molar refractivity (Wildman–Crippen MR) is 46.1 cm³/mol. The van der Waals surface area contributed by atoms with E-state index in [1.165, 1.54) is 6.92 Å². The van der Waals surface area contributed by atoms with Crippen molar-refractivity contribution < 1.29 is 33.2 Å². The summed E-state index contributed by atoms with van der Waals surface area (Å²) in [7, 11) is 0. The van der Waals surface area contributed by atoms with E-state index in [9.17, 15) is 9.18 Å². The van der Waals surface area contributed by atoms with Gasteiger partial charge in [0.1, 0.15) is 0 Å². The minimum atomic E-state index is -1.53. The summed E-state index contributed by atoms with van der Waals surface area (Å²) in [5, 5.41) is 16.9. The van der Waals surface area contributed by atoms with Gasteiger partial charge in [0.25, 0.3) is 5.97 Å². The van der Waals surface area contributed by atoms with Crippen LogP contribution in [0.15, 0.2) is 22.5 Å². The molecule has 0 rings (SSSR count). The van der Waals surface area contributed by atoms with Crippen LogP contribution in [0.3, 0.4) is 0 Å². The zero-order valence-electron chi connectivity index (χ0n) is 7.78. The van der Waals surface area contributed by atoms with E-state index < -0.39 is 17.4 Å². The zero-order chi connectivity index (χ0) is 10.4. The van der Waals surface area contributed by atoms with E-state index in [1.54, 1.807) is 0 Å². The molecule has 0 unspecified atom stereocenters. The van der Waals surface area contributed by atoms with Crippen molar-refractivity contribution in [2.75, 3.05) is 0 Å². The molecule has 14 heavy (non-hydrogen) atoms. The van der Waals surface area contributed by atoms with Crippen LogP contribution in [0.4, 0.5) is 4.39 Å². The van der Waals surface area contributed by atoms with Crippen molar-refractivity contribution in [3.63, 3.8) is 0 Å². The molecule has 0 heterocycles. The van der Waals surface area contributed by atoms with Gasteiger partial charge in [-0.3, -0.25) is 4.79 Å². The first-order chi connectivity index (χ1) is 5.95. The Balaban J connectivity index is 0. The van der Waals surface area contributed by atoms with E-state index in [-0.39, 0.29) is 24.7 Å². The maximum atomic E-state index is 12.2. The van der Waals surface area contributed by atoms with Gasteiger partial charge in [-0.05, 0) is 11.4 Å². The van der Waals surface area contributed by atoms with Gasteiger partial charge >= 0.3 is 18.9 Å². The summed E-state index contributed by atoms with van der Waals surface area (Å²) < 4.78 is 12.2. The summed E-state index contributed by atoms with van der Waals surface area (Å²) in [6, 6.07) is 0. The van der Waals surface area contributed by atoms with E-state index in [1.807, 2.05) is 6.21 Å². The van der Waals surface area contributed by atoms with Gasteiger partial charge in [0.2, 0.25) is 0 Å². The number of allylic oxidation sites excluding steroid dienone is 1. The molecule has 70 valence electrons. The second-order valence-electron chi connectivity index (χ2n) is 2.00. The van der Waals surface area contributed by atoms with E-state index in [0.717, 1.165) is 6.08 Å². The fourth-order valence-electron chi connectivity index (χ4n) is 0.423. The molecule has 0 aromatic heterocycles. The van der Waals surface area contributed by atoms with Crippen molar-refractivity contribution in [2.45, 2.75) is 6.92 Å². The van der Waals surface area contributed by atoms with Gasteiger partial charge < -0.3 is 15.5 Å². The molecule has 4 nitrogen and oxygen atoms in total. The Morgan fingerprint density at radius 2 is 2.21 bits per heavy atom. The van der Waals surface area contributed by atoms with Gasteiger partial charge in [-0.1, -0.05) is 6.92 Å². The number of aliphatic carboxylic acids is 1. The van der Waals surface area contributed by atoms with Gasteiger partial charge in [-0.15, -0.1) is 0 Å². The second-order valence-corrected chi connectivity index (χ2v) is 2.00. The van der Waals surface area contributed by atoms with Crippen molar-refractivity contribution in [3.8, 4) is 0 Å². The quantitative estimate of drug-likeness (QED) is 0.142. The second kappa shape index (κ2) is 7.24. The van der Waals surface area contributed by atoms with E-state index in [4.69, 9.17) is 10.5 Å². The van der Waals surface area contributed by atoms with Crippen LogP contribution in [0.1, 0.15) is 6.92 Å². The fourth-order valence-corrected chi connectivity index (χ4v) is 0.423. The minimum absolute atomic E-state index is 0. The molecule has 0 bridgehead atoms. The Hall–Kier alpha value is -1.18. The summed E-state index contributed by atoms with van der Waals surface area (Å²) in [5.74, 6) is -3.19. The summed E-state index contributed by atoms with van der Waals surface area (Å²) >= 11 is 0. The summed E-state index contributed by atoms with van der Waals surface area (Å²) in [6.07, 6.45) is 2.72. The van der Waals surface area contributed by atoms with Crippen LogP contribution in [-0.2, 0) is 4.79 Å². The molecule has 0 radical (unpaired) electrons. The van der Waals surface area contributed by atoms with Gasteiger partial charge in [-0.25, -0.2) is 17.2 Å². The molecule has 0 fully saturated rings. The SMILES string of the molecule is [CH-]=C(F)/C(=C\[C-]=NC(C)=[N-])C(=O)O.[Li+]. The Kier molecular flexibility index (Phi) is 7.91. The third kappa shape index (κ3) is 6.35. The molecule has 0 aromatic carbocycles. The third-order valence-electron chi connectivity index (χ3n) is 0.923. The van der Waals surface area contributed by atoms with Crippen LogP contribution in [0.25, 0.3) is 5.41 Å². The van der Waals surface area contributed by atoms with Crippen molar-refractivity contribution in [1.29, 1.82) is 0 Å². The topological polar surface area (TPSA) is 72.0 Å². The monoisotopic (exact) mass is 188 g/mol. The largest absolute Gasteiger partial charge is 1.00 e. The van der Waals surface area contributed by atoms with Crippen molar-refractivity contribution in [2.24, 2.45) is 4.99 Å². The maximum absolute atomic E-state index is 12.2. The number of carboxylic acids is 1. The van der Waals surface area contributed by atoms with Crippen molar-refractivity contribution in [1.82, 2.24) is 0 Å². The van der Waals surface area contributed by atoms with Gasteiger partial charge in [0, 0.05) is 0 Å². The number of carbonyl (C=O) groups is 1. The molecule has 0 amide bonds. The molecular weight excluding hydrogens is 182 g/mol. The predicted octanol–water partition coefficient (Wildman–Crippen LogP) is -1.78. The molecule has 0 aliphatic heterocycles. The van der Waals surface area contributed by atoms with Crippen LogP contribution in [0, 0.1) is 6.58 Å². The Morgan fingerprint density at radius 1 is 1.71 bits per heavy atom. The standard InChI is InChI=1S/C8H6FN2O2.Li/c1-5(9)7(8(12)13)3-4-11-6(2)10;/h1,3H,2H3,(H,12,13);/q-3;+1/b7-3+;. The van der Waals surface area contributed by atoms with Gasteiger partial charge in [0.15, 0.2) is 0 Å². The van der Waals surface area contributed by atoms with Crippen LogP contribution in [-0.4, -0.2) is 23.1 Å². The number of hydrogen-bond acceptors (Lipinski definition) is 1. The smallest absolute Gasteiger partial charge is 0.574 e. The normalized spacial score (nSPS) is 10.9. The number of hydrogen-bond donors (Lipinski definition) is 1. The summed E-state index contributed by atoms with van der Waals surface area (Å²) in [5.41, 5.74) is -0.759. The van der Waals surface area contributed by atoms with Crippen molar-refractivity contribution in [3.05, 3.63) is 29.5 Å². The molecule has 0 aliphatic carbocycles. The van der Waals surface area contributed by atoms with E-state index in [0.29, 0.717) is 0 Å². The summed E-state index contributed by atoms with van der Waals surface area (Å²) in [6.45, 7) is 5.86. The Labute approximate surface area is 92.9 Å². The number of halogens is 1. The number of rotatable bonds is 3. The molecule has 0 spiro atoms. The first-order valence-electron chi connectivity index (χ1n) is 3.15. The van der Waals surface area contributed by atoms with Crippen molar-refractivity contribution >= 4 is 18.0 Å². The fraction of sp³-hybridized carbons (Fsp3) is 0.125. The van der Waals surface area contributed by atoms with E-state index in [2.05, 4.69) is 11.6 Å². The first kappa shape index (κ1) is 15.3. The van der Waals surface area contributed by atoms with Crippen LogP contribution in [0.5, 0.6) is 0 Å². The van der Waals surface area contributed by atoms with Crippen LogP contribution in [0.2, 0.25) is 0 Å². The molecule has 0 aliphatic rings. The Morgan fingerprint density at radius 3 is 2.50 bits per heavy atom. The number of carboxylic acid groups (broad SMARTS) is 1. The average molecular weight is 188 g/mol. The molecule has 6 heteroatoms. The van der Waals surface area contributed by atoms with E-state index >= 15 is 0 Å². The van der Waals surface area contributed by atoms with Crippen LogP contribution >= 0.6 is 0 Å². The summed E-state index contributed by atoms with van der Waals surface area (Å²) in [4.78, 5) is 13.4. The maximum Gasteiger partial charge on any atom is 1.00 e. The molecular formula is C8H6FLiN2O2-2. The third-order valence-corrected chi connectivity index (χ3v) is 0.923. The molecule has 0 aromatic rings. The average Bonchev–Trinajstić information content (AvgIpc) is 1.95. The number of nitrogens with zero attached hydrogens (tertiary/aromatic N) is 2. The minimum Gasteiger partial charge on any atom is -0.574 e. The molecule has 0 atom stereocenters. The molecule has 1 N–H and O–H groups in total. The van der Waals surface area contributed by atoms with Gasteiger partial charge in [-0.2, -0.15) is 11.9 Å². The Bertz CT molecular complexity index is 294. The number of amidine groups is 1. The van der Waals surface area contributed by atoms with Crippen LogP contribution < -0.4 is 18.9 Å². The zero-order valence-corrected chi connectivity index (χ0v) is 7.78. The molecule has 0 saturated heterocycles. The molecule has 0 saturated carbocycles. The number of aliphatic imine (C=N–C) groups is 1. The first-order valence-corrected chi connectivity index (χ1v) is 3.15.